The molecule has 59 heavy (non-hydrogen) atoms. The van der Waals surface area contributed by atoms with Crippen LogP contribution < -0.4 is 0 Å². The zero-order valence-electron chi connectivity index (χ0n) is 31.9. The smallest absolute Gasteiger partial charge is 0 e. The van der Waals surface area contributed by atoms with E-state index in [-0.39, 0.29) is 830 Å². The van der Waals surface area contributed by atoms with Crippen LogP contribution in [-0.4, -0.2) is 582 Å². The van der Waals surface area contributed by atoms with E-state index >= 15 is 0 Å². The fourth-order valence-electron chi connectivity index (χ4n) is 0. The Hall–Kier alpha value is 18.0. The van der Waals surface area contributed by atoms with Crippen LogP contribution in [0.15, 0.2) is 0 Å². The molecule has 0 saturated carbocycles. The Kier molecular flexibility index (Phi) is 30600. The summed E-state index contributed by atoms with van der Waals surface area (Å²) >= 11 is 0. The van der Waals surface area contributed by atoms with Gasteiger partial charge in [0.2, 0.25) is 0 Å². The van der Waals surface area contributed by atoms with Crippen molar-refractivity contribution in [2.75, 3.05) is 0 Å². The van der Waals surface area contributed by atoms with Crippen molar-refractivity contribution >= 4 is 368 Å². The van der Waals surface area contributed by atoms with Crippen LogP contribution in [0.3, 0.4) is 0 Å². The standard InChI is InChI=1S/B.7K.Ni.39H2O.11W/h;;;;;;;;;39*1H2;;;;;;;;;;;. The van der Waals surface area contributed by atoms with Crippen molar-refractivity contribution in [3.05, 3.63) is 0 Å². The maximum Gasteiger partial charge on any atom is 0 e. The summed E-state index contributed by atoms with van der Waals surface area (Å²) in [6.07, 6.45) is 0. The van der Waals surface area contributed by atoms with E-state index in [0.29, 0.717) is 0 Å². The second kappa shape index (κ2) is 1320. The molecular weight excluding hydrogens is 2990 g/mol. The van der Waals surface area contributed by atoms with Gasteiger partial charge < -0.3 is 214 Å². The quantitative estimate of drug-likeness (QED) is 0.204. The zero-order chi connectivity index (χ0) is 0. The molecule has 59 heteroatoms. The number of rotatable bonds is 0. The summed E-state index contributed by atoms with van der Waals surface area (Å²) in [6, 6.07) is 0. The summed E-state index contributed by atoms with van der Waals surface area (Å²) in [5, 5.41) is 0. The average Bonchev–Trinajstić information content (AvgIpc) is 0. The Morgan fingerprint density at radius 2 is 0.0847 bits per heavy atom. The molecule has 10 radical (unpaired) electrons. The molecule has 39 nitrogen and oxygen atoms in total. The molecule has 0 fully saturated rings. The van der Waals surface area contributed by atoms with Crippen LogP contribution in [0.2, 0.25) is 0 Å². The minimum Gasteiger partial charge on any atom is -0.412 e. The van der Waals surface area contributed by atoms with E-state index < -0.39 is 0 Å². The Morgan fingerprint density at radius 1 is 0.0847 bits per heavy atom. The molecule has 0 aromatic heterocycles. The molecule has 398 valence electrons. The van der Waals surface area contributed by atoms with E-state index in [1.165, 1.54) is 0 Å². The largest absolute Gasteiger partial charge is 0.412 e. The Bertz CT molecular complexity index is 83.2. The van der Waals surface area contributed by atoms with Crippen LogP contribution >= 0.6 is 0 Å². The summed E-state index contributed by atoms with van der Waals surface area (Å²) in [7, 11) is 0. The summed E-state index contributed by atoms with van der Waals surface area (Å²) in [5.41, 5.74) is 0. The minimum atomic E-state index is 0. The van der Waals surface area contributed by atoms with Gasteiger partial charge in [0.05, 0.1) is 0 Å². The Morgan fingerprint density at radius 3 is 0.0847 bits per heavy atom. The first-order valence-electron chi connectivity index (χ1n) is 0. The van der Waals surface area contributed by atoms with Crippen molar-refractivity contribution in [1.82, 2.24) is 0 Å². The van der Waals surface area contributed by atoms with E-state index in [9.17, 15) is 0 Å². The SMILES string of the molecule is O.O.O.O.O.O.O.O.O.O.O.O.O.O.O.O.O.O.O.O.O.O.O.O.O.O.O.O.O.O.O.O.O.O.O.O.O.O.O.[B].[K].[K].[K].[K].[K].[K].[K].[Ni].[W].[W].[W].[W].[W].[W].[W].[W].[W].[W].[W]. The third-order valence-electron chi connectivity index (χ3n) is 0. The third-order valence-corrected chi connectivity index (χ3v) is 0. The van der Waals surface area contributed by atoms with Crippen LogP contribution in [0.25, 0.3) is 0 Å². The first-order valence-corrected chi connectivity index (χ1v) is 0. The van der Waals surface area contributed by atoms with Gasteiger partial charge in [-0.15, -0.1) is 0 Å². The van der Waals surface area contributed by atoms with Crippen molar-refractivity contribution in [2.24, 2.45) is 0 Å². The molecular formula is H78BK7NiO39W11. The molecule has 0 aromatic rings. The van der Waals surface area contributed by atoms with Gasteiger partial charge >= 0.3 is 0 Å². The van der Waals surface area contributed by atoms with Crippen LogP contribution in [0.5, 0.6) is 0 Å². The molecule has 0 atom stereocenters. The van der Waals surface area contributed by atoms with E-state index in [1.807, 2.05) is 0 Å². The predicted molar refractivity (Wildman–Crippen MR) is 187 cm³/mol. The van der Waals surface area contributed by atoms with Crippen molar-refractivity contribution in [3.63, 3.8) is 0 Å². The predicted octanol–water partition coefficient (Wildman–Crippen LogP) is -35.2. The molecule has 0 aliphatic rings. The summed E-state index contributed by atoms with van der Waals surface area (Å²) in [5.74, 6) is 0. The summed E-state index contributed by atoms with van der Waals surface area (Å²) < 4.78 is 0. The van der Waals surface area contributed by atoms with Gasteiger partial charge in [-0.3, -0.25) is 0 Å². The van der Waals surface area contributed by atoms with E-state index in [1.54, 1.807) is 0 Å². The first-order chi connectivity index (χ1) is 0. The molecule has 0 aliphatic heterocycles. The van der Waals surface area contributed by atoms with Crippen molar-refractivity contribution in [1.29, 1.82) is 0 Å². The summed E-state index contributed by atoms with van der Waals surface area (Å²) in [6.45, 7) is 0. The van der Waals surface area contributed by atoms with Gasteiger partial charge in [0.15, 0.2) is 0 Å². The van der Waals surface area contributed by atoms with Crippen molar-refractivity contribution in [3.8, 4) is 0 Å². The fraction of sp³-hybridized carbons (Fsp3) is 0. The normalized spacial score (nSPS) is 0. The van der Waals surface area contributed by atoms with E-state index in [0.717, 1.165) is 0 Å². The van der Waals surface area contributed by atoms with E-state index in [4.69, 9.17) is 0 Å². The Balaban J connectivity index is 0. The topological polar surface area (TPSA) is 1230 Å². The maximum absolute atomic E-state index is 0. The van der Waals surface area contributed by atoms with Crippen LogP contribution in [0.4, 0.5) is 0 Å². The monoisotopic (exact) mass is 3070 g/mol. The van der Waals surface area contributed by atoms with Gasteiger partial charge in [-0.1, -0.05) is 0 Å². The van der Waals surface area contributed by atoms with Crippen LogP contribution in [-0.2, 0) is 248 Å². The second-order valence-corrected chi connectivity index (χ2v) is 0. The average molecular weight is 3070 g/mol. The van der Waals surface area contributed by atoms with Crippen molar-refractivity contribution in [2.45, 2.75) is 0 Å². The van der Waals surface area contributed by atoms with Gasteiger partial charge in [0.1, 0.15) is 0 Å². The molecule has 0 saturated heterocycles. The Labute approximate surface area is 806 Å². The second-order valence-electron chi connectivity index (χ2n) is 0. The fourth-order valence-corrected chi connectivity index (χ4v) is 0. The van der Waals surface area contributed by atoms with E-state index in [2.05, 4.69) is 0 Å². The van der Waals surface area contributed by atoms with Gasteiger partial charge in [-0.05, 0) is 0 Å². The molecule has 0 amide bonds. The van der Waals surface area contributed by atoms with Crippen LogP contribution in [0.1, 0.15) is 0 Å². The van der Waals surface area contributed by atoms with Gasteiger partial charge in [-0.25, -0.2) is 0 Å². The molecule has 0 aromatic carbocycles. The third kappa shape index (κ3) is 1280. The van der Waals surface area contributed by atoms with Gasteiger partial charge in [0.25, 0.3) is 0 Å². The molecule has 0 heterocycles. The summed E-state index contributed by atoms with van der Waals surface area (Å²) in [4.78, 5) is 0. The van der Waals surface area contributed by atoms with Gasteiger partial charge in [-0.2, -0.15) is 0 Å². The van der Waals surface area contributed by atoms with Crippen LogP contribution in [0, 0.1) is 0 Å². The van der Waals surface area contributed by atoms with Crippen molar-refractivity contribution < 1.29 is 462 Å². The molecule has 0 rings (SSSR count). The maximum atomic E-state index is 0. The zero-order valence-corrected chi connectivity index (χ0v) is 87.0. The molecule has 78 N–H and O–H groups in total. The molecule has 0 bridgehead atoms. The molecule has 0 unspecified atom stereocenters. The molecule has 0 spiro atoms. The van der Waals surface area contributed by atoms with Gasteiger partial charge in [0, 0.05) is 616 Å². The minimum absolute atomic E-state index is 0. The number of hydrogen-bond acceptors (Lipinski definition) is 0. The first kappa shape index (κ1) is 1370. The molecule has 0 aliphatic carbocycles. The number of hydrogen-bond donors (Lipinski definition) is 0.